The highest BCUT2D eigenvalue weighted by Crippen LogP contribution is 2.24. The molecule has 0 amide bonds. The third kappa shape index (κ3) is 3.36. The number of nitrogens with zero attached hydrogens (tertiary/aromatic N) is 3. The van der Waals surface area contributed by atoms with Gasteiger partial charge in [-0.3, -0.25) is 0 Å². The Bertz CT molecular complexity index is 551. The first-order valence-corrected chi connectivity index (χ1v) is 7.16. The van der Waals surface area contributed by atoms with Gasteiger partial charge in [0.15, 0.2) is 0 Å². The van der Waals surface area contributed by atoms with Gasteiger partial charge in [0.25, 0.3) is 0 Å². The van der Waals surface area contributed by atoms with Crippen LogP contribution in [0.15, 0.2) is 12.3 Å². The Morgan fingerprint density at radius 3 is 2.40 bits per heavy atom. The van der Waals surface area contributed by atoms with Crippen LogP contribution in [0, 0.1) is 0 Å². The molecule has 1 N–H and O–H groups in total. The smallest absolute Gasteiger partial charge is 0.229 e. The largest absolute Gasteiger partial charge is 0.481 e. The molecular formula is C13H18N4O2S. The van der Waals surface area contributed by atoms with E-state index >= 15 is 0 Å². The standard InChI is InChI=1S/C13H18N4O2S/c1-5-9-7-14-12(20-9)8(2)15-13-16-10(18-3)6-11(17-13)19-4/h6-8H,5H2,1-4H3,(H,15,16,17). The molecule has 1 atom stereocenters. The lowest BCUT2D eigenvalue weighted by molar-refractivity contribution is 0.372. The zero-order chi connectivity index (χ0) is 14.5. The molecule has 108 valence electrons. The zero-order valence-electron chi connectivity index (χ0n) is 12.0. The SMILES string of the molecule is CCc1cnc(C(C)Nc2nc(OC)cc(OC)n2)s1. The number of rotatable bonds is 6. The number of aromatic nitrogens is 3. The van der Waals surface area contributed by atoms with Crippen LogP contribution < -0.4 is 14.8 Å². The molecule has 0 spiro atoms. The lowest BCUT2D eigenvalue weighted by Crippen LogP contribution is -2.10. The van der Waals surface area contributed by atoms with Gasteiger partial charge < -0.3 is 14.8 Å². The van der Waals surface area contributed by atoms with Crippen molar-refractivity contribution in [2.75, 3.05) is 19.5 Å². The van der Waals surface area contributed by atoms with Crippen molar-refractivity contribution in [3.63, 3.8) is 0 Å². The van der Waals surface area contributed by atoms with Crippen LogP contribution in [0.25, 0.3) is 0 Å². The van der Waals surface area contributed by atoms with Crippen molar-refractivity contribution >= 4 is 17.3 Å². The maximum atomic E-state index is 5.12. The van der Waals surface area contributed by atoms with Crippen LogP contribution in [0.5, 0.6) is 11.8 Å². The summed E-state index contributed by atoms with van der Waals surface area (Å²) in [6, 6.07) is 1.66. The van der Waals surface area contributed by atoms with E-state index in [0.29, 0.717) is 17.7 Å². The summed E-state index contributed by atoms with van der Waals surface area (Å²) in [5.41, 5.74) is 0. The van der Waals surface area contributed by atoms with Crippen LogP contribution in [0.2, 0.25) is 0 Å². The Balaban J connectivity index is 2.15. The first-order chi connectivity index (χ1) is 9.66. The van der Waals surface area contributed by atoms with Gasteiger partial charge in [0.1, 0.15) is 5.01 Å². The van der Waals surface area contributed by atoms with Gasteiger partial charge in [-0.25, -0.2) is 4.98 Å². The van der Waals surface area contributed by atoms with Crippen LogP contribution >= 0.6 is 11.3 Å². The molecule has 2 aromatic rings. The van der Waals surface area contributed by atoms with Crippen LogP contribution in [0.4, 0.5) is 5.95 Å². The van der Waals surface area contributed by atoms with Crippen LogP contribution in [0.1, 0.15) is 29.8 Å². The summed E-state index contributed by atoms with van der Waals surface area (Å²) in [7, 11) is 3.12. The quantitative estimate of drug-likeness (QED) is 0.883. The predicted octanol–water partition coefficient (Wildman–Crippen LogP) is 2.69. The van der Waals surface area contributed by atoms with Gasteiger partial charge in [0, 0.05) is 11.1 Å². The second-order valence-electron chi connectivity index (χ2n) is 4.16. The molecule has 2 rings (SSSR count). The summed E-state index contributed by atoms with van der Waals surface area (Å²) in [6.45, 7) is 4.14. The molecule has 2 aromatic heterocycles. The second kappa shape index (κ2) is 6.51. The number of ether oxygens (including phenoxy) is 2. The Kier molecular flexibility index (Phi) is 4.73. The number of thiazole rings is 1. The predicted molar refractivity (Wildman–Crippen MR) is 78.7 cm³/mol. The second-order valence-corrected chi connectivity index (χ2v) is 5.31. The van der Waals surface area contributed by atoms with E-state index in [2.05, 4.69) is 27.2 Å². The lowest BCUT2D eigenvalue weighted by Gasteiger charge is -2.12. The topological polar surface area (TPSA) is 69.2 Å². The third-order valence-corrected chi connectivity index (χ3v) is 4.06. The maximum Gasteiger partial charge on any atom is 0.229 e. The molecule has 2 heterocycles. The molecular weight excluding hydrogens is 276 g/mol. The minimum atomic E-state index is 0.0251. The van der Waals surface area contributed by atoms with Gasteiger partial charge in [0.05, 0.1) is 26.3 Å². The van der Waals surface area contributed by atoms with E-state index in [-0.39, 0.29) is 6.04 Å². The minimum absolute atomic E-state index is 0.0251. The zero-order valence-corrected chi connectivity index (χ0v) is 12.8. The molecule has 0 aromatic carbocycles. The van der Waals surface area contributed by atoms with Crippen molar-refractivity contribution in [3.8, 4) is 11.8 Å². The number of nitrogens with one attached hydrogen (secondary N) is 1. The van der Waals surface area contributed by atoms with Gasteiger partial charge in [-0.1, -0.05) is 6.92 Å². The molecule has 7 heteroatoms. The van der Waals surface area contributed by atoms with Gasteiger partial charge in [0.2, 0.25) is 17.7 Å². The van der Waals surface area contributed by atoms with E-state index in [1.54, 1.807) is 31.6 Å². The number of methoxy groups -OCH3 is 2. The molecule has 0 fully saturated rings. The molecule has 0 radical (unpaired) electrons. The average molecular weight is 294 g/mol. The monoisotopic (exact) mass is 294 g/mol. The van der Waals surface area contributed by atoms with Crippen LogP contribution in [-0.4, -0.2) is 29.2 Å². The fraction of sp³-hybridized carbons (Fsp3) is 0.462. The third-order valence-electron chi connectivity index (χ3n) is 2.73. The molecule has 0 saturated carbocycles. The van der Waals surface area contributed by atoms with E-state index in [4.69, 9.17) is 9.47 Å². The van der Waals surface area contributed by atoms with E-state index in [0.717, 1.165) is 11.4 Å². The lowest BCUT2D eigenvalue weighted by atomic mass is 10.3. The summed E-state index contributed by atoms with van der Waals surface area (Å²) in [4.78, 5) is 14.2. The number of hydrogen-bond donors (Lipinski definition) is 1. The van der Waals surface area contributed by atoms with Crippen molar-refractivity contribution in [3.05, 3.63) is 22.1 Å². The fourth-order valence-electron chi connectivity index (χ4n) is 1.62. The van der Waals surface area contributed by atoms with Crippen molar-refractivity contribution in [2.45, 2.75) is 26.3 Å². The van der Waals surface area contributed by atoms with Crippen LogP contribution in [0.3, 0.4) is 0 Å². The maximum absolute atomic E-state index is 5.12. The summed E-state index contributed by atoms with van der Waals surface area (Å²) in [5.74, 6) is 1.38. The summed E-state index contributed by atoms with van der Waals surface area (Å²) < 4.78 is 10.2. The number of anilines is 1. The summed E-state index contributed by atoms with van der Waals surface area (Å²) >= 11 is 1.69. The van der Waals surface area contributed by atoms with Crippen molar-refractivity contribution in [1.82, 2.24) is 15.0 Å². The Hall–Kier alpha value is -1.89. The first kappa shape index (κ1) is 14.5. The molecule has 0 bridgehead atoms. The highest BCUT2D eigenvalue weighted by Gasteiger charge is 2.13. The Labute approximate surface area is 122 Å². The molecule has 0 saturated heterocycles. The first-order valence-electron chi connectivity index (χ1n) is 6.34. The summed E-state index contributed by atoms with van der Waals surface area (Å²) in [5, 5.41) is 4.22. The van der Waals surface area contributed by atoms with E-state index in [1.807, 2.05) is 13.1 Å². The van der Waals surface area contributed by atoms with E-state index in [1.165, 1.54) is 4.88 Å². The van der Waals surface area contributed by atoms with Gasteiger partial charge in [-0.05, 0) is 13.3 Å². The van der Waals surface area contributed by atoms with Crippen molar-refractivity contribution in [1.29, 1.82) is 0 Å². The Morgan fingerprint density at radius 2 is 1.90 bits per heavy atom. The highest BCUT2D eigenvalue weighted by atomic mass is 32.1. The van der Waals surface area contributed by atoms with Crippen molar-refractivity contribution in [2.24, 2.45) is 0 Å². The minimum Gasteiger partial charge on any atom is -0.481 e. The average Bonchev–Trinajstić information content (AvgIpc) is 2.95. The molecule has 0 aliphatic rings. The highest BCUT2D eigenvalue weighted by molar-refractivity contribution is 7.11. The van der Waals surface area contributed by atoms with Crippen molar-refractivity contribution < 1.29 is 9.47 Å². The Morgan fingerprint density at radius 1 is 1.25 bits per heavy atom. The van der Waals surface area contributed by atoms with E-state index in [9.17, 15) is 0 Å². The molecule has 1 unspecified atom stereocenters. The van der Waals surface area contributed by atoms with E-state index < -0.39 is 0 Å². The normalized spacial score (nSPS) is 12.0. The fourth-order valence-corrected chi connectivity index (χ4v) is 2.48. The molecule has 0 aliphatic carbocycles. The van der Waals surface area contributed by atoms with Gasteiger partial charge >= 0.3 is 0 Å². The molecule has 6 nitrogen and oxygen atoms in total. The number of aryl methyl sites for hydroxylation is 1. The number of hydrogen-bond acceptors (Lipinski definition) is 7. The van der Waals surface area contributed by atoms with Crippen LogP contribution in [-0.2, 0) is 6.42 Å². The van der Waals surface area contributed by atoms with Gasteiger partial charge in [-0.15, -0.1) is 11.3 Å². The molecule has 0 aliphatic heterocycles. The van der Waals surface area contributed by atoms with Gasteiger partial charge in [-0.2, -0.15) is 9.97 Å². The summed E-state index contributed by atoms with van der Waals surface area (Å²) in [6.07, 6.45) is 2.90. The molecule has 20 heavy (non-hydrogen) atoms.